The van der Waals surface area contributed by atoms with E-state index in [4.69, 9.17) is 11.5 Å². The number of rotatable bonds is 3. The van der Waals surface area contributed by atoms with Crippen LogP contribution in [0, 0.1) is 11.3 Å². The smallest absolute Gasteiger partial charge is 0.398 e. The van der Waals surface area contributed by atoms with Crippen molar-refractivity contribution >= 4 is 23.0 Å². The van der Waals surface area contributed by atoms with Crippen LogP contribution in [0.5, 0.6) is 0 Å². The molecule has 2 rings (SSSR count). The van der Waals surface area contributed by atoms with Gasteiger partial charge >= 0.3 is 6.18 Å². The van der Waals surface area contributed by atoms with E-state index in [1.165, 1.54) is 18.2 Å². The second-order valence-electron chi connectivity index (χ2n) is 4.53. The van der Waals surface area contributed by atoms with E-state index >= 15 is 0 Å². The fraction of sp³-hybridized carbons (Fsp3) is 0.0625. The number of alkyl halides is 3. The summed E-state index contributed by atoms with van der Waals surface area (Å²) in [5, 5.41) is 9.25. The van der Waals surface area contributed by atoms with Crippen LogP contribution in [0.25, 0.3) is 5.57 Å². The third-order valence-electron chi connectivity index (χ3n) is 3.00. The Hall–Kier alpha value is -2.59. The molecule has 3 nitrogen and oxygen atoms in total. The third kappa shape index (κ3) is 3.79. The molecule has 0 aliphatic heterocycles. The number of thioether (sulfide) groups is 1. The maximum absolute atomic E-state index is 13.1. The highest BCUT2D eigenvalue weighted by molar-refractivity contribution is 8.03. The summed E-state index contributed by atoms with van der Waals surface area (Å²) >= 11 is 0.960. The van der Waals surface area contributed by atoms with Gasteiger partial charge in [-0.15, -0.1) is 0 Å². The lowest BCUT2D eigenvalue weighted by Crippen LogP contribution is -2.10. The topological polar surface area (TPSA) is 75.8 Å². The molecule has 23 heavy (non-hydrogen) atoms. The van der Waals surface area contributed by atoms with Gasteiger partial charge in [-0.05, 0) is 18.2 Å². The Morgan fingerprint density at radius 2 is 1.65 bits per heavy atom. The highest BCUT2D eigenvalue weighted by atomic mass is 32.2. The molecule has 0 heterocycles. The van der Waals surface area contributed by atoms with Crippen molar-refractivity contribution in [1.82, 2.24) is 0 Å². The molecule has 4 N–H and O–H groups in total. The number of nitrogen functional groups attached to an aromatic ring is 1. The molecule has 0 spiro atoms. The van der Waals surface area contributed by atoms with Crippen molar-refractivity contribution in [2.24, 2.45) is 5.73 Å². The Bertz CT molecular complexity index is 792. The summed E-state index contributed by atoms with van der Waals surface area (Å²) in [7, 11) is 0. The van der Waals surface area contributed by atoms with Crippen molar-refractivity contribution in [2.45, 2.75) is 11.1 Å². The maximum atomic E-state index is 13.1. The van der Waals surface area contributed by atoms with Gasteiger partial charge in [0.1, 0.15) is 6.07 Å². The van der Waals surface area contributed by atoms with Crippen LogP contribution in [0.1, 0.15) is 11.1 Å². The minimum atomic E-state index is -4.57. The molecule has 0 aromatic heterocycles. The number of nitrogens with two attached hydrogens (primary N) is 2. The van der Waals surface area contributed by atoms with E-state index in [0.717, 1.165) is 17.8 Å². The Morgan fingerprint density at radius 1 is 1.04 bits per heavy atom. The van der Waals surface area contributed by atoms with E-state index in [-0.39, 0.29) is 16.2 Å². The Morgan fingerprint density at radius 3 is 2.26 bits per heavy atom. The molecule has 0 aliphatic rings. The van der Waals surface area contributed by atoms with Gasteiger partial charge in [0.2, 0.25) is 0 Å². The molecule has 0 bridgehead atoms. The number of benzene rings is 2. The molecule has 0 amide bonds. The van der Waals surface area contributed by atoms with E-state index in [0.29, 0.717) is 10.6 Å². The first-order chi connectivity index (χ1) is 10.8. The van der Waals surface area contributed by atoms with Crippen LogP contribution in [0.15, 0.2) is 58.5 Å². The molecule has 2 aromatic carbocycles. The average Bonchev–Trinajstić information content (AvgIpc) is 2.50. The van der Waals surface area contributed by atoms with Crippen LogP contribution in [0.4, 0.5) is 18.9 Å². The first kappa shape index (κ1) is 16.8. The third-order valence-corrected chi connectivity index (χ3v) is 4.01. The van der Waals surface area contributed by atoms with Crippen molar-refractivity contribution in [3.63, 3.8) is 0 Å². The molecule has 0 radical (unpaired) electrons. The van der Waals surface area contributed by atoms with Crippen LogP contribution in [-0.2, 0) is 6.18 Å². The highest BCUT2D eigenvalue weighted by Gasteiger charge is 2.34. The fourth-order valence-electron chi connectivity index (χ4n) is 1.94. The minimum Gasteiger partial charge on any atom is -0.398 e. The van der Waals surface area contributed by atoms with Crippen LogP contribution in [0.2, 0.25) is 0 Å². The summed E-state index contributed by atoms with van der Waals surface area (Å²) in [5.41, 5.74) is 10.7. The lowest BCUT2D eigenvalue weighted by molar-refractivity contribution is -0.137. The highest BCUT2D eigenvalue weighted by Crippen LogP contribution is 2.38. The quantitative estimate of drug-likeness (QED) is 0.500. The van der Waals surface area contributed by atoms with Crippen molar-refractivity contribution in [2.75, 3.05) is 5.73 Å². The van der Waals surface area contributed by atoms with Crippen molar-refractivity contribution in [3.8, 4) is 6.07 Å². The molecule has 0 atom stereocenters. The van der Waals surface area contributed by atoms with E-state index in [1.54, 1.807) is 30.3 Å². The van der Waals surface area contributed by atoms with Gasteiger partial charge in [0.15, 0.2) is 0 Å². The average molecular weight is 335 g/mol. The van der Waals surface area contributed by atoms with E-state index < -0.39 is 11.7 Å². The number of para-hydroxylation sites is 1. The second kappa shape index (κ2) is 6.67. The lowest BCUT2D eigenvalue weighted by Gasteiger charge is -2.13. The van der Waals surface area contributed by atoms with Gasteiger partial charge in [0, 0.05) is 16.1 Å². The van der Waals surface area contributed by atoms with Gasteiger partial charge < -0.3 is 11.5 Å². The van der Waals surface area contributed by atoms with Gasteiger partial charge in [-0.3, -0.25) is 0 Å². The van der Waals surface area contributed by atoms with Gasteiger partial charge in [0.25, 0.3) is 0 Å². The standard InChI is InChI=1S/C16H12F3N3S/c17-16(18,19)12-6-2-1-5-10(12)11(9-20)15(22)23-14-8-4-3-7-13(14)21/h1-8H,21-22H2/b15-11-. The van der Waals surface area contributed by atoms with E-state index in [9.17, 15) is 18.4 Å². The zero-order valence-corrected chi connectivity index (χ0v) is 12.6. The molecular weight excluding hydrogens is 323 g/mol. The summed E-state index contributed by atoms with van der Waals surface area (Å²) in [4.78, 5) is 0.572. The lowest BCUT2D eigenvalue weighted by atomic mass is 10.0. The molecule has 0 aliphatic carbocycles. The predicted molar refractivity (Wildman–Crippen MR) is 84.9 cm³/mol. The molecule has 0 unspecified atom stereocenters. The largest absolute Gasteiger partial charge is 0.417 e. The normalized spacial score (nSPS) is 12.4. The number of halogens is 3. The van der Waals surface area contributed by atoms with Crippen LogP contribution in [0.3, 0.4) is 0 Å². The molecule has 7 heteroatoms. The Balaban J connectivity index is 2.52. The number of anilines is 1. The van der Waals surface area contributed by atoms with E-state index in [1.807, 2.05) is 0 Å². The van der Waals surface area contributed by atoms with Crippen molar-refractivity contribution in [3.05, 3.63) is 64.7 Å². The van der Waals surface area contributed by atoms with Gasteiger partial charge in [-0.25, -0.2) is 0 Å². The van der Waals surface area contributed by atoms with Crippen LogP contribution < -0.4 is 11.5 Å². The SMILES string of the molecule is N#C/C(=C(\N)Sc1ccccc1N)c1ccccc1C(F)(F)F. The number of allylic oxidation sites excluding steroid dienone is 1. The molecule has 0 fully saturated rings. The maximum Gasteiger partial charge on any atom is 0.417 e. The van der Waals surface area contributed by atoms with Crippen LogP contribution in [-0.4, -0.2) is 0 Å². The molecule has 0 saturated heterocycles. The number of hydrogen-bond donors (Lipinski definition) is 2. The zero-order chi connectivity index (χ0) is 17.0. The molecule has 118 valence electrons. The number of nitrogens with zero attached hydrogens (tertiary/aromatic N) is 1. The van der Waals surface area contributed by atoms with Crippen molar-refractivity contribution < 1.29 is 13.2 Å². The zero-order valence-electron chi connectivity index (χ0n) is 11.8. The summed E-state index contributed by atoms with van der Waals surface area (Å²) in [6.07, 6.45) is -4.57. The summed E-state index contributed by atoms with van der Waals surface area (Å²) < 4.78 is 39.3. The van der Waals surface area contributed by atoms with Gasteiger partial charge in [0.05, 0.1) is 16.2 Å². The second-order valence-corrected chi connectivity index (χ2v) is 5.62. The Kier molecular flexibility index (Phi) is 4.86. The van der Waals surface area contributed by atoms with Crippen LogP contribution >= 0.6 is 11.8 Å². The van der Waals surface area contributed by atoms with E-state index in [2.05, 4.69) is 0 Å². The first-order valence-electron chi connectivity index (χ1n) is 6.43. The number of hydrogen-bond acceptors (Lipinski definition) is 4. The first-order valence-corrected chi connectivity index (χ1v) is 7.25. The predicted octanol–water partition coefficient (Wildman–Crippen LogP) is 4.23. The fourth-order valence-corrected chi connectivity index (χ4v) is 2.77. The van der Waals surface area contributed by atoms with Gasteiger partial charge in [-0.2, -0.15) is 18.4 Å². The summed E-state index contributed by atoms with van der Waals surface area (Å²) in [6, 6.07) is 13.4. The molecular formula is C16H12F3N3S. The van der Waals surface area contributed by atoms with Gasteiger partial charge in [-0.1, -0.05) is 42.1 Å². The molecule has 0 saturated carbocycles. The number of nitriles is 1. The minimum absolute atomic E-state index is 0.0397. The summed E-state index contributed by atoms with van der Waals surface area (Å²) in [5.74, 6) is 0. The monoisotopic (exact) mass is 335 g/mol. The summed E-state index contributed by atoms with van der Waals surface area (Å²) in [6.45, 7) is 0. The van der Waals surface area contributed by atoms with Crippen molar-refractivity contribution in [1.29, 1.82) is 5.26 Å². The molecule has 2 aromatic rings. The Labute approximate surface area is 135 Å².